The number of alkyl halides is 2. The molecule has 1 aromatic rings. The summed E-state index contributed by atoms with van der Waals surface area (Å²) in [6.07, 6.45) is -2.81. The van der Waals surface area contributed by atoms with E-state index < -0.39 is 17.8 Å². The highest BCUT2D eigenvalue weighted by molar-refractivity contribution is 5.37. The molecule has 0 saturated carbocycles. The van der Waals surface area contributed by atoms with Gasteiger partial charge in [-0.05, 0) is 18.6 Å². The first-order chi connectivity index (χ1) is 6.07. The molecule has 13 heavy (non-hydrogen) atoms. The predicted octanol–water partition coefficient (Wildman–Crippen LogP) is 3.08. The molecule has 1 rings (SSSR count). The van der Waals surface area contributed by atoms with Gasteiger partial charge in [0.1, 0.15) is 0 Å². The highest BCUT2D eigenvalue weighted by Crippen LogP contribution is 2.30. The molecule has 1 aromatic carbocycles. The summed E-state index contributed by atoms with van der Waals surface area (Å²) in [5.41, 5.74) is -0.354. The number of benzene rings is 1. The van der Waals surface area contributed by atoms with Crippen molar-refractivity contribution in [2.75, 3.05) is 7.11 Å². The molecular weight excluding hydrogens is 181 g/mol. The SMILES string of the molecule is COc1ccc(C)c(C(F)F)c1F. The normalized spacial score (nSPS) is 10.6. The van der Waals surface area contributed by atoms with E-state index in [1.165, 1.54) is 26.2 Å². The minimum Gasteiger partial charge on any atom is -0.494 e. The Morgan fingerprint density at radius 1 is 1.31 bits per heavy atom. The van der Waals surface area contributed by atoms with Crippen LogP contribution in [0.15, 0.2) is 12.1 Å². The average Bonchev–Trinajstić information content (AvgIpc) is 2.04. The lowest BCUT2D eigenvalue weighted by atomic mass is 10.1. The summed E-state index contributed by atoms with van der Waals surface area (Å²) in [6.45, 7) is 1.43. The largest absolute Gasteiger partial charge is 0.494 e. The zero-order valence-corrected chi connectivity index (χ0v) is 7.27. The molecule has 4 heteroatoms. The van der Waals surface area contributed by atoms with Crippen LogP contribution in [-0.4, -0.2) is 7.11 Å². The minimum absolute atomic E-state index is 0.152. The number of rotatable bonds is 2. The van der Waals surface area contributed by atoms with Crippen LogP contribution in [0.1, 0.15) is 17.6 Å². The second-order valence-corrected chi connectivity index (χ2v) is 2.61. The standard InChI is InChI=1S/C9H9F3O/c1-5-3-4-6(13-2)8(10)7(5)9(11)12/h3-4,9H,1-2H3. The van der Waals surface area contributed by atoms with Crippen molar-refractivity contribution in [1.29, 1.82) is 0 Å². The zero-order chi connectivity index (χ0) is 10.0. The molecule has 0 aliphatic carbocycles. The van der Waals surface area contributed by atoms with Gasteiger partial charge in [-0.25, -0.2) is 13.2 Å². The molecule has 1 nitrogen and oxygen atoms in total. The monoisotopic (exact) mass is 190 g/mol. The molecule has 72 valence electrons. The van der Waals surface area contributed by atoms with Gasteiger partial charge in [0.15, 0.2) is 11.6 Å². The second-order valence-electron chi connectivity index (χ2n) is 2.61. The number of ether oxygens (including phenoxy) is 1. The van der Waals surface area contributed by atoms with E-state index in [1.54, 1.807) is 0 Å². The quantitative estimate of drug-likeness (QED) is 0.696. The molecule has 0 aliphatic heterocycles. The van der Waals surface area contributed by atoms with E-state index in [0.717, 1.165) is 0 Å². The summed E-state index contributed by atoms with van der Waals surface area (Å²) >= 11 is 0. The van der Waals surface area contributed by atoms with E-state index in [-0.39, 0.29) is 11.3 Å². The van der Waals surface area contributed by atoms with Crippen LogP contribution < -0.4 is 4.74 Å². The molecule has 0 unspecified atom stereocenters. The van der Waals surface area contributed by atoms with Crippen molar-refractivity contribution in [1.82, 2.24) is 0 Å². The van der Waals surface area contributed by atoms with Crippen molar-refractivity contribution in [3.8, 4) is 5.75 Å². The Kier molecular flexibility index (Phi) is 2.80. The number of aryl methyl sites for hydroxylation is 1. The number of hydrogen-bond acceptors (Lipinski definition) is 1. The molecule has 0 heterocycles. The van der Waals surface area contributed by atoms with Gasteiger partial charge < -0.3 is 4.74 Å². The molecule has 0 fully saturated rings. The topological polar surface area (TPSA) is 9.23 Å². The van der Waals surface area contributed by atoms with Gasteiger partial charge in [0.05, 0.1) is 12.7 Å². The lowest BCUT2D eigenvalue weighted by molar-refractivity contribution is 0.144. The molecular formula is C9H9F3O. The fraction of sp³-hybridized carbons (Fsp3) is 0.333. The molecule has 0 spiro atoms. The first-order valence-electron chi connectivity index (χ1n) is 3.69. The van der Waals surface area contributed by atoms with E-state index in [4.69, 9.17) is 0 Å². The number of halogens is 3. The van der Waals surface area contributed by atoms with Crippen LogP contribution in [0.4, 0.5) is 13.2 Å². The Morgan fingerprint density at radius 2 is 1.92 bits per heavy atom. The zero-order valence-electron chi connectivity index (χ0n) is 7.27. The van der Waals surface area contributed by atoms with Gasteiger partial charge in [-0.15, -0.1) is 0 Å². The van der Waals surface area contributed by atoms with Gasteiger partial charge in [0.2, 0.25) is 0 Å². The van der Waals surface area contributed by atoms with E-state index >= 15 is 0 Å². The number of methoxy groups -OCH3 is 1. The Bertz CT molecular complexity index is 310. The Morgan fingerprint density at radius 3 is 2.38 bits per heavy atom. The molecule has 0 aromatic heterocycles. The summed E-state index contributed by atoms with van der Waals surface area (Å²) in [4.78, 5) is 0. The van der Waals surface area contributed by atoms with Crippen LogP contribution in [-0.2, 0) is 0 Å². The summed E-state index contributed by atoms with van der Waals surface area (Å²) in [5, 5.41) is 0. The van der Waals surface area contributed by atoms with E-state index in [9.17, 15) is 13.2 Å². The second kappa shape index (κ2) is 3.68. The van der Waals surface area contributed by atoms with Gasteiger partial charge in [-0.1, -0.05) is 6.07 Å². The van der Waals surface area contributed by atoms with Gasteiger partial charge in [-0.2, -0.15) is 0 Å². The van der Waals surface area contributed by atoms with Crippen molar-refractivity contribution in [2.45, 2.75) is 13.3 Å². The Labute approximate surface area is 74.1 Å². The summed E-state index contributed by atoms with van der Waals surface area (Å²) in [5.74, 6) is -1.13. The lowest BCUT2D eigenvalue weighted by Gasteiger charge is -2.09. The molecule has 0 aliphatic rings. The predicted molar refractivity (Wildman–Crippen MR) is 42.6 cm³/mol. The maximum Gasteiger partial charge on any atom is 0.267 e. The van der Waals surface area contributed by atoms with Gasteiger partial charge in [0.25, 0.3) is 6.43 Å². The van der Waals surface area contributed by atoms with Gasteiger partial charge in [0, 0.05) is 0 Å². The summed E-state index contributed by atoms with van der Waals surface area (Å²) < 4.78 is 42.4. The van der Waals surface area contributed by atoms with Gasteiger partial charge in [-0.3, -0.25) is 0 Å². The van der Waals surface area contributed by atoms with E-state index in [1.807, 2.05) is 0 Å². The van der Waals surface area contributed by atoms with Crippen molar-refractivity contribution < 1.29 is 17.9 Å². The smallest absolute Gasteiger partial charge is 0.267 e. The third kappa shape index (κ3) is 1.76. The molecule has 0 N–H and O–H groups in total. The fourth-order valence-electron chi connectivity index (χ4n) is 1.10. The van der Waals surface area contributed by atoms with Crippen LogP contribution in [0.5, 0.6) is 5.75 Å². The van der Waals surface area contributed by atoms with Gasteiger partial charge >= 0.3 is 0 Å². The van der Waals surface area contributed by atoms with Crippen molar-refractivity contribution in [3.63, 3.8) is 0 Å². The molecule has 0 radical (unpaired) electrons. The van der Waals surface area contributed by atoms with Crippen LogP contribution in [0.2, 0.25) is 0 Å². The number of hydrogen-bond donors (Lipinski definition) is 0. The molecule has 0 saturated heterocycles. The highest BCUT2D eigenvalue weighted by atomic mass is 19.3. The Balaban J connectivity index is 3.30. The Hall–Kier alpha value is -1.19. The molecule has 0 bridgehead atoms. The first-order valence-corrected chi connectivity index (χ1v) is 3.69. The molecule has 0 atom stereocenters. The fourth-order valence-corrected chi connectivity index (χ4v) is 1.10. The first kappa shape index (κ1) is 9.89. The summed E-state index contributed by atoms with van der Waals surface area (Å²) in [7, 11) is 1.24. The van der Waals surface area contributed by atoms with Crippen molar-refractivity contribution >= 4 is 0 Å². The van der Waals surface area contributed by atoms with Crippen LogP contribution in [0.25, 0.3) is 0 Å². The minimum atomic E-state index is -2.81. The maximum absolute atomic E-state index is 13.2. The lowest BCUT2D eigenvalue weighted by Crippen LogP contribution is -1.98. The van der Waals surface area contributed by atoms with E-state index in [2.05, 4.69) is 4.74 Å². The summed E-state index contributed by atoms with van der Waals surface area (Å²) in [6, 6.07) is 2.74. The van der Waals surface area contributed by atoms with Crippen LogP contribution >= 0.6 is 0 Å². The maximum atomic E-state index is 13.2. The van der Waals surface area contributed by atoms with E-state index in [0.29, 0.717) is 0 Å². The average molecular weight is 190 g/mol. The van der Waals surface area contributed by atoms with Crippen LogP contribution in [0, 0.1) is 12.7 Å². The van der Waals surface area contributed by atoms with Crippen molar-refractivity contribution in [3.05, 3.63) is 29.1 Å². The third-order valence-corrected chi connectivity index (χ3v) is 1.80. The van der Waals surface area contributed by atoms with Crippen molar-refractivity contribution in [2.24, 2.45) is 0 Å². The third-order valence-electron chi connectivity index (χ3n) is 1.80. The molecule has 0 amide bonds. The highest BCUT2D eigenvalue weighted by Gasteiger charge is 2.19. The van der Waals surface area contributed by atoms with Crippen LogP contribution in [0.3, 0.4) is 0 Å².